The van der Waals surface area contributed by atoms with Crippen molar-refractivity contribution >= 4 is 5.78 Å². The quantitative estimate of drug-likeness (QED) is 0.672. The van der Waals surface area contributed by atoms with Crippen molar-refractivity contribution < 1.29 is 24.9 Å². The van der Waals surface area contributed by atoms with Gasteiger partial charge in [0.05, 0.1) is 18.0 Å². The molecule has 132 valence electrons. The van der Waals surface area contributed by atoms with E-state index in [4.69, 9.17) is 4.74 Å². The summed E-state index contributed by atoms with van der Waals surface area (Å²) < 4.78 is 5.76. The largest absolute Gasteiger partial charge is 0.508 e. The van der Waals surface area contributed by atoms with Gasteiger partial charge in [-0.2, -0.15) is 0 Å². The van der Waals surface area contributed by atoms with Gasteiger partial charge in [0.15, 0.2) is 0 Å². The van der Waals surface area contributed by atoms with E-state index in [0.29, 0.717) is 12.2 Å². The Morgan fingerprint density at radius 3 is 2.80 bits per heavy atom. The normalized spacial score (nSPS) is 43.0. The average molecular weight is 342 g/mol. The van der Waals surface area contributed by atoms with Gasteiger partial charge >= 0.3 is 0 Å². The Labute approximate surface area is 145 Å². The molecule has 1 aromatic carbocycles. The van der Waals surface area contributed by atoms with E-state index >= 15 is 0 Å². The number of carbonyl (C=O) groups is 1. The number of hydrogen-bond acceptors (Lipinski definition) is 5. The molecule has 0 radical (unpaired) electrons. The topological polar surface area (TPSA) is 87.0 Å². The monoisotopic (exact) mass is 342 g/mol. The van der Waals surface area contributed by atoms with Gasteiger partial charge in [0.2, 0.25) is 0 Å². The summed E-state index contributed by atoms with van der Waals surface area (Å²) in [6, 6.07) is 5.10. The molecular formula is C20H22O5. The van der Waals surface area contributed by atoms with Gasteiger partial charge in [0, 0.05) is 35.8 Å². The second-order valence-electron chi connectivity index (χ2n) is 8.77. The molecule has 3 N–H and O–H groups in total. The molecule has 0 saturated heterocycles. The van der Waals surface area contributed by atoms with Crippen LogP contribution >= 0.6 is 0 Å². The van der Waals surface area contributed by atoms with Crippen LogP contribution in [0.4, 0.5) is 0 Å². The molecule has 0 aromatic heterocycles. The molecule has 1 aromatic rings. The molecule has 1 heterocycles. The second-order valence-corrected chi connectivity index (χ2v) is 8.77. The summed E-state index contributed by atoms with van der Waals surface area (Å²) in [4.78, 5) is 12.8. The number of rotatable bonds is 0. The zero-order valence-electron chi connectivity index (χ0n) is 14.3. The van der Waals surface area contributed by atoms with Crippen LogP contribution in [0.5, 0.6) is 11.5 Å². The minimum atomic E-state index is -1.30. The first-order chi connectivity index (χ1) is 11.7. The summed E-state index contributed by atoms with van der Waals surface area (Å²) in [5.74, 6) is 0.112. The molecule has 0 spiro atoms. The highest BCUT2D eigenvalue weighted by Gasteiger charge is 2.69. The maximum absolute atomic E-state index is 12.8. The Kier molecular flexibility index (Phi) is 2.75. The summed E-state index contributed by atoms with van der Waals surface area (Å²) in [6.45, 7) is 4.30. The molecule has 3 aliphatic carbocycles. The first-order valence-corrected chi connectivity index (χ1v) is 8.87. The second kappa shape index (κ2) is 4.46. The first-order valence-electron chi connectivity index (χ1n) is 8.87. The van der Waals surface area contributed by atoms with Crippen LogP contribution in [0.25, 0.3) is 0 Å². The standard InChI is InChI=1S/C20H22O5/c1-19(2)12-6-20(24)7-13(22)15(16(12)18(20)23)11-8-25-14-5-9(21)3-4-10(14)17(11)19/h3-5,8,12,15-18,21,23-24H,6-7H2,1-2H3/t12?,15-,16-,17-,18-,20?/m1/s1. The number of aliphatic hydroxyl groups is 2. The highest BCUT2D eigenvalue weighted by molar-refractivity contribution is 5.88. The number of phenols is 1. The Balaban J connectivity index is 1.73. The number of carbonyl (C=O) groups excluding carboxylic acids is 1. The van der Waals surface area contributed by atoms with Gasteiger partial charge in [0.1, 0.15) is 17.3 Å². The van der Waals surface area contributed by atoms with Gasteiger partial charge in [-0.05, 0) is 29.4 Å². The number of phenolic OH excluding ortho intramolecular Hbond substituents is 1. The third kappa shape index (κ3) is 1.73. The molecule has 5 rings (SSSR count). The van der Waals surface area contributed by atoms with Gasteiger partial charge in [-0.3, -0.25) is 4.79 Å². The maximum Gasteiger partial charge on any atom is 0.143 e. The number of allylic oxidation sites excluding steroid dienone is 1. The molecule has 25 heavy (non-hydrogen) atoms. The van der Waals surface area contributed by atoms with E-state index in [1.54, 1.807) is 18.4 Å². The van der Waals surface area contributed by atoms with Crippen molar-refractivity contribution in [3.63, 3.8) is 0 Å². The molecule has 2 bridgehead atoms. The molecule has 1 aliphatic heterocycles. The highest BCUT2D eigenvalue weighted by Crippen LogP contribution is 2.68. The van der Waals surface area contributed by atoms with Crippen molar-refractivity contribution in [2.24, 2.45) is 23.2 Å². The lowest BCUT2D eigenvalue weighted by atomic mass is 9.51. The number of ether oxygens (including phenoxy) is 1. The van der Waals surface area contributed by atoms with Crippen LogP contribution in [-0.2, 0) is 4.79 Å². The van der Waals surface area contributed by atoms with Crippen LogP contribution in [0, 0.1) is 23.2 Å². The Bertz CT molecular complexity index is 825. The summed E-state index contributed by atoms with van der Waals surface area (Å²) in [5.41, 5.74) is 0.312. The van der Waals surface area contributed by atoms with Crippen LogP contribution in [0.2, 0.25) is 0 Å². The van der Waals surface area contributed by atoms with Gasteiger partial charge < -0.3 is 20.1 Å². The number of hydrogen-bond donors (Lipinski definition) is 3. The molecule has 6 atom stereocenters. The zero-order chi connectivity index (χ0) is 17.7. The number of aromatic hydroxyl groups is 1. The van der Waals surface area contributed by atoms with E-state index in [1.165, 1.54) is 0 Å². The fraction of sp³-hybridized carbons (Fsp3) is 0.550. The smallest absolute Gasteiger partial charge is 0.143 e. The maximum atomic E-state index is 12.8. The van der Waals surface area contributed by atoms with E-state index in [1.807, 2.05) is 6.07 Å². The number of aliphatic hydroxyl groups excluding tert-OH is 1. The molecule has 5 nitrogen and oxygen atoms in total. The molecular weight excluding hydrogens is 320 g/mol. The van der Waals surface area contributed by atoms with Crippen molar-refractivity contribution in [1.82, 2.24) is 0 Å². The molecule has 3 saturated carbocycles. The van der Waals surface area contributed by atoms with E-state index < -0.39 is 17.6 Å². The van der Waals surface area contributed by atoms with E-state index in [9.17, 15) is 20.1 Å². The predicted octanol–water partition coefficient (Wildman–Crippen LogP) is 2.11. The third-order valence-corrected chi connectivity index (χ3v) is 7.19. The number of fused-ring (bicyclic) bond motifs is 5. The minimum absolute atomic E-state index is 0.00196. The van der Waals surface area contributed by atoms with Gasteiger partial charge in [-0.25, -0.2) is 0 Å². The number of ketones is 1. The van der Waals surface area contributed by atoms with Crippen LogP contribution < -0.4 is 4.74 Å². The average Bonchev–Trinajstić information content (AvgIpc) is 2.73. The molecule has 0 amide bonds. The zero-order valence-corrected chi connectivity index (χ0v) is 14.3. The first kappa shape index (κ1) is 15.4. The lowest BCUT2D eigenvalue weighted by Crippen LogP contribution is -2.55. The minimum Gasteiger partial charge on any atom is -0.508 e. The summed E-state index contributed by atoms with van der Waals surface area (Å²) >= 11 is 0. The van der Waals surface area contributed by atoms with Crippen molar-refractivity contribution in [2.75, 3.05) is 0 Å². The van der Waals surface area contributed by atoms with E-state index in [0.717, 1.165) is 11.1 Å². The van der Waals surface area contributed by atoms with Crippen LogP contribution in [-0.4, -0.2) is 32.8 Å². The Morgan fingerprint density at radius 2 is 2.04 bits per heavy atom. The molecule has 3 fully saturated rings. The van der Waals surface area contributed by atoms with Crippen LogP contribution in [0.1, 0.15) is 38.2 Å². The van der Waals surface area contributed by atoms with Crippen molar-refractivity contribution in [3.05, 3.63) is 35.6 Å². The molecule has 2 unspecified atom stereocenters. The van der Waals surface area contributed by atoms with Crippen molar-refractivity contribution in [2.45, 2.75) is 44.3 Å². The van der Waals surface area contributed by atoms with Crippen molar-refractivity contribution in [3.8, 4) is 11.5 Å². The van der Waals surface area contributed by atoms with Crippen LogP contribution in [0.15, 0.2) is 30.0 Å². The Hall–Kier alpha value is -1.85. The third-order valence-electron chi connectivity index (χ3n) is 7.19. The van der Waals surface area contributed by atoms with Crippen molar-refractivity contribution in [1.29, 1.82) is 0 Å². The number of benzene rings is 1. The lowest BCUT2D eigenvalue weighted by Gasteiger charge is -2.53. The fourth-order valence-electron chi connectivity index (χ4n) is 6.14. The molecule has 4 aliphatic rings. The summed E-state index contributed by atoms with van der Waals surface area (Å²) in [7, 11) is 0. The summed E-state index contributed by atoms with van der Waals surface area (Å²) in [6.07, 6.45) is 1.23. The van der Waals surface area contributed by atoms with E-state index in [-0.39, 0.29) is 41.1 Å². The van der Waals surface area contributed by atoms with Gasteiger partial charge in [-0.15, -0.1) is 0 Å². The SMILES string of the molecule is CC1(C)C2CC3(O)CC(=O)[C@@H](C4=COc5cc(O)ccc5[C@H]41)[C@@H]2[C@H]3O. The van der Waals surface area contributed by atoms with E-state index in [2.05, 4.69) is 13.8 Å². The lowest BCUT2D eigenvalue weighted by molar-refractivity contribution is -0.149. The fourth-order valence-corrected chi connectivity index (χ4v) is 6.14. The summed E-state index contributed by atoms with van der Waals surface area (Å²) in [5, 5.41) is 31.4. The predicted molar refractivity (Wildman–Crippen MR) is 89.0 cm³/mol. The number of Topliss-reactive ketones (excluding diaryl/α,β-unsaturated/α-hetero) is 1. The van der Waals surface area contributed by atoms with Crippen LogP contribution in [0.3, 0.4) is 0 Å². The molecule has 5 heteroatoms. The highest BCUT2D eigenvalue weighted by atomic mass is 16.5. The Morgan fingerprint density at radius 1 is 1.28 bits per heavy atom. The van der Waals surface area contributed by atoms with Gasteiger partial charge in [-0.1, -0.05) is 19.9 Å². The van der Waals surface area contributed by atoms with Gasteiger partial charge in [0.25, 0.3) is 0 Å².